The molecule has 0 spiro atoms. The average molecular weight is 197 g/mol. The van der Waals surface area contributed by atoms with Crippen molar-refractivity contribution >= 4 is 22.7 Å². The molecule has 0 bridgehead atoms. The quantitative estimate of drug-likeness (QED) is 0.748. The Morgan fingerprint density at radius 2 is 2.31 bits per heavy atom. The summed E-state index contributed by atoms with van der Waals surface area (Å²) in [6.45, 7) is 0.453. The number of hydrogen-bond acceptors (Lipinski definition) is 3. The van der Waals surface area contributed by atoms with Crippen LogP contribution in [0.1, 0.15) is 11.5 Å². The lowest BCUT2D eigenvalue weighted by Gasteiger charge is -1.94. The lowest BCUT2D eigenvalue weighted by Crippen LogP contribution is -1.95. The van der Waals surface area contributed by atoms with Crippen LogP contribution in [0.5, 0.6) is 0 Å². The topological polar surface area (TPSA) is 52.0 Å². The monoisotopic (exact) mass is 196 g/mol. The Morgan fingerprint density at radius 1 is 1.46 bits per heavy atom. The third-order valence-electron chi connectivity index (χ3n) is 1.88. The standard InChI is InChI=1S/C9H9ClN2O/c10-4-8-12-7-3-1-2-6(5-11)9(7)13-8/h1-3H,4-5,11H2. The van der Waals surface area contributed by atoms with E-state index in [4.69, 9.17) is 21.8 Å². The number of rotatable bonds is 2. The number of oxazole rings is 1. The molecule has 68 valence electrons. The molecule has 3 nitrogen and oxygen atoms in total. The Hall–Kier alpha value is -1.06. The molecule has 4 heteroatoms. The second-order valence-corrected chi connectivity index (χ2v) is 2.98. The fraction of sp³-hybridized carbons (Fsp3) is 0.222. The Labute approximate surface area is 80.5 Å². The number of para-hydroxylation sites is 1. The smallest absolute Gasteiger partial charge is 0.210 e. The van der Waals surface area contributed by atoms with Crippen LogP contribution in [0.3, 0.4) is 0 Å². The Morgan fingerprint density at radius 3 is 3.00 bits per heavy atom. The van der Waals surface area contributed by atoms with Gasteiger partial charge in [-0.2, -0.15) is 0 Å². The molecule has 0 aliphatic heterocycles. The van der Waals surface area contributed by atoms with Crippen LogP contribution in [0.25, 0.3) is 11.1 Å². The molecule has 2 aromatic rings. The van der Waals surface area contributed by atoms with Crippen LogP contribution in [-0.2, 0) is 12.4 Å². The number of nitrogens with two attached hydrogens (primary N) is 1. The molecule has 0 unspecified atom stereocenters. The number of hydrogen-bond donors (Lipinski definition) is 1. The fourth-order valence-electron chi connectivity index (χ4n) is 1.27. The van der Waals surface area contributed by atoms with E-state index in [-0.39, 0.29) is 0 Å². The van der Waals surface area contributed by atoms with Crippen molar-refractivity contribution in [2.75, 3.05) is 0 Å². The molecular formula is C9H9ClN2O. The summed E-state index contributed by atoms with van der Waals surface area (Å²) in [5.74, 6) is 0.830. The van der Waals surface area contributed by atoms with Crippen molar-refractivity contribution in [2.24, 2.45) is 5.73 Å². The first-order chi connectivity index (χ1) is 6.35. The molecule has 2 N–H and O–H groups in total. The van der Waals surface area contributed by atoms with Crippen molar-refractivity contribution in [1.29, 1.82) is 0 Å². The molecule has 0 aliphatic rings. The van der Waals surface area contributed by atoms with Gasteiger partial charge in [-0.1, -0.05) is 12.1 Å². The van der Waals surface area contributed by atoms with E-state index in [9.17, 15) is 0 Å². The minimum atomic E-state index is 0.290. The summed E-state index contributed by atoms with van der Waals surface area (Å²) < 4.78 is 5.42. The third kappa shape index (κ3) is 1.41. The lowest BCUT2D eigenvalue weighted by molar-refractivity contribution is 0.551. The number of fused-ring (bicyclic) bond motifs is 1. The maximum atomic E-state index is 5.61. The van der Waals surface area contributed by atoms with Crippen molar-refractivity contribution in [1.82, 2.24) is 4.98 Å². The molecule has 2 rings (SSSR count). The number of nitrogens with zero attached hydrogens (tertiary/aromatic N) is 1. The van der Waals surface area contributed by atoms with E-state index in [1.165, 1.54) is 0 Å². The molecule has 0 saturated heterocycles. The molecule has 0 saturated carbocycles. The van der Waals surface area contributed by atoms with Crippen molar-refractivity contribution in [3.05, 3.63) is 29.7 Å². The zero-order valence-electron chi connectivity index (χ0n) is 6.96. The van der Waals surface area contributed by atoms with E-state index in [1.807, 2.05) is 18.2 Å². The molecule has 0 atom stereocenters. The van der Waals surface area contributed by atoms with Crippen LogP contribution in [0.4, 0.5) is 0 Å². The Balaban J connectivity index is 2.67. The highest BCUT2D eigenvalue weighted by Crippen LogP contribution is 2.20. The van der Waals surface area contributed by atoms with Gasteiger partial charge in [0.15, 0.2) is 5.58 Å². The first-order valence-corrected chi connectivity index (χ1v) is 4.52. The second-order valence-electron chi connectivity index (χ2n) is 2.71. The largest absolute Gasteiger partial charge is 0.439 e. The van der Waals surface area contributed by atoms with Gasteiger partial charge in [-0.15, -0.1) is 11.6 Å². The van der Waals surface area contributed by atoms with Gasteiger partial charge in [0.1, 0.15) is 5.52 Å². The third-order valence-corrected chi connectivity index (χ3v) is 2.10. The minimum absolute atomic E-state index is 0.290. The molecule has 0 aliphatic carbocycles. The van der Waals surface area contributed by atoms with E-state index in [1.54, 1.807) is 0 Å². The van der Waals surface area contributed by atoms with Crippen molar-refractivity contribution in [3.8, 4) is 0 Å². The summed E-state index contributed by atoms with van der Waals surface area (Å²) in [5, 5.41) is 0. The molecule has 1 heterocycles. The molecule has 1 aromatic carbocycles. The van der Waals surface area contributed by atoms with Gasteiger partial charge in [0.05, 0.1) is 5.88 Å². The van der Waals surface area contributed by atoms with E-state index < -0.39 is 0 Å². The van der Waals surface area contributed by atoms with Crippen LogP contribution in [0.15, 0.2) is 22.6 Å². The zero-order valence-corrected chi connectivity index (χ0v) is 7.71. The maximum Gasteiger partial charge on any atom is 0.210 e. The predicted molar refractivity (Wildman–Crippen MR) is 51.5 cm³/mol. The zero-order chi connectivity index (χ0) is 9.26. The first kappa shape index (κ1) is 8.53. The minimum Gasteiger partial charge on any atom is -0.439 e. The molecule has 1 aromatic heterocycles. The highest BCUT2D eigenvalue weighted by Gasteiger charge is 2.07. The van der Waals surface area contributed by atoms with E-state index in [2.05, 4.69) is 4.98 Å². The van der Waals surface area contributed by atoms with Crippen molar-refractivity contribution in [2.45, 2.75) is 12.4 Å². The predicted octanol–water partition coefficient (Wildman–Crippen LogP) is 2.03. The second kappa shape index (κ2) is 3.36. The Bertz CT molecular complexity index is 424. The number of halogens is 1. The first-order valence-electron chi connectivity index (χ1n) is 3.98. The molecular weight excluding hydrogens is 188 g/mol. The summed E-state index contributed by atoms with van der Waals surface area (Å²) in [5.41, 5.74) is 8.07. The summed E-state index contributed by atoms with van der Waals surface area (Å²) in [4.78, 5) is 4.19. The summed E-state index contributed by atoms with van der Waals surface area (Å²) in [6, 6.07) is 5.71. The average Bonchev–Trinajstić information content (AvgIpc) is 2.59. The van der Waals surface area contributed by atoms with Crippen LogP contribution in [-0.4, -0.2) is 4.98 Å². The van der Waals surface area contributed by atoms with Crippen LogP contribution in [0.2, 0.25) is 0 Å². The van der Waals surface area contributed by atoms with Gasteiger partial charge in [0.2, 0.25) is 5.89 Å². The summed E-state index contributed by atoms with van der Waals surface area (Å²) >= 11 is 5.61. The normalized spacial score (nSPS) is 10.9. The van der Waals surface area contributed by atoms with E-state index >= 15 is 0 Å². The fourth-order valence-corrected chi connectivity index (χ4v) is 1.38. The van der Waals surface area contributed by atoms with E-state index in [0.29, 0.717) is 18.3 Å². The Kier molecular flexibility index (Phi) is 2.20. The van der Waals surface area contributed by atoms with Gasteiger partial charge in [-0.05, 0) is 6.07 Å². The van der Waals surface area contributed by atoms with Gasteiger partial charge in [-0.25, -0.2) is 4.98 Å². The van der Waals surface area contributed by atoms with Gasteiger partial charge in [0.25, 0.3) is 0 Å². The maximum absolute atomic E-state index is 5.61. The number of benzene rings is 1. The highest BCUT2D eigenvalue weighted by atomic mass is 35.5. The van der Waals surface area contributed by atoms with Gasteiger partial charge >= 0.3 is 0 Å². The molecule has 0 fully saturated rings. The van der Waals surface area contributed by atoms with Gasteiger partial charge in [0, 0.05) is 12.1 Å². The van der Waals surface area contributed by atoms with Crippen LogP contribution in [0, 0.1) is 0 Å². The lowest BCUT2D eigenvalue weighted by atomic mass is 10.2. The van der Waals surface area contributed by atoms with Crippen molar-refractivity contribution in [3.63, 3.8) is 0 Å². The van der Waals surface area contributed by atoms with E-state index in [0.717, 1.165) is 16.7 Å². The molecule has 0 radical (unpaired) electrons. The summed E-state index contributed by atoms with van der Waals surface area (Å²) in [7, 11) is 0. The van der Waals surface area contributed by atoms with Gasteiger partial charge < -0.3 is 10.2 Å². The summed E-state index contributed by atoms with van der Waals surface area (Å²) in [6.07, 6.45) is 0. The molecule has 13 heavy (non-hydrogen) atoms. The van der Waals surface area contributed by atoms with Crippen LogP contribution < -0.4 is 5.73 Å². The number of alkyl halides is 1. The van der Waals surface area contributed by atoms with Gasteiger partial charge in [-0.3, -0.25) is 0 Å². The molecule has 0 amide bonds. The van der Waals surface area contributed by atoms with Crippen LogP contribution >= 0.6 is 11.6 Å². The van der Waals surface area contributed by atoms with Crippen molar-refractivity contribution < 1.29 is 4.42 Å². The SMILES string of the molecule is NCc1cccc2nc(CCl)oc12. The highest BCUT2D eigenvalue weighted by molar-refractivity contribution is 6.16. The number of aromatic nitrogens is 1.